The van der Waals surface area contributed by atoms with Gasteiger partial charge in [0.25, 0.3) is 0 Å². The van der Waals surface area contributed by atoms with Crippen LogP contribution >= 0.6 is 15.9 Å². The van der Waals surface area contributed by atoms with E-state index in [9.17, 15) is 4.79 Å². The maximum Gasteiger partial charge on any atom is 0.357 e. The second-order valence-electron chi connectivity index (χ2n) is 4.66. The fraction of sp³-hybridized carbons (Fsp3) is 0.538. The molecule has 0 unspecified atom stereocenters. The summed E-state index contributed by atoms with van der Waals surface area (Å²) in [5, 5.41) is 0. The molecular weight excluding hydrogens is 296 g/mol. The molecular formula is C13H17BrN2O2. The number of halogens is 1. The van der Waals surface area contributed by atoms with E-state index in [1.165, 1.54) is 20.0 Å². The van der Waals surface area contributed by atoms with Gasteiger partial charge in [-0.05, 0) is 46.8 Å². The van der Waals surface area contributed by atoms with Crippen LogP contribution < -0.4 is 4.90 Å². The molecule has 0 atom stereocenters. The van der Waals surface area contributed by atoms with Crippen molar-refractivity contribution in [2.24, 2.45) is 5.92 Å². The van der Waals surface area contributed by atoms with Gasteiger partial charge in [-0.15, -0.1) is 0 Å². The number of rotatable bonds is 2. The zero-order valence-corrected chi connectivity index (χ0v) is 12.2. The van der Waals surface area contributed by atoms with Crippen LogP contribution in [0.1, 0.15) is 30.3 Å². The molecule has 5 heteroatoms. The van der Waals surface area contributed by atoms with Gasteiger partial charge in [0, 0.05) is 13.1 Å². The third kappa shape index (κ3) is 2.83. The quantitative estimate of drug-likeness (QED) is 0.788. The summed E-state index contributed by atoms with van der Waals surface area (Å²) in [4.78, 5) is 18.2. The summed E-state index contributed by atoms with van der Waals surface area (Å²) in [6.07, 6.45) is 2.34. The minimum atomic E-state index is -0.408. The number of aromatic nitrogens is 1. The zero-order chi connectivity index (χ0) is 13.1. The van der Waals surface area contributed by atoms with Crippen LogP contribution in [0.4, 0.5) is 5.82 Å². The molecule has 18 heavy (non-hydrogen) atoms. The molecule has 0 saturated carbocycles. The molecule has 0 aliphatic carbocycles. The highest BCUT2D eigenvalue weighted by atomic mass is 79.9. The molecule has 1 aliphatic heterocycles. The Bertz CT molecular complexity index is 443. The van der Waals surface area contributed by atoms with Crippen molar-refractivity contribution in [3.8, 4) is 0 Å². The van der Waals surface area contributed by atoms with Gasteiger partial charge in [0.15, 0.2) is 5.69 Å². The number of carbonyl (C=O) groups excluding carboxylic acids is 1. The fourth-order valence-electron chi connectivity index (χ4n) is 2.09. The monoisotopic (exact) mass is 312 g/mol. The molecule has 1 aromatic rings. The third-order valence-electron chi connectivity index (χ3n) is 3.32. The molecule has 1 saturated heterocycles. The van der Waals surface area contributed by atoms with E-state index < -0.39 is 5.97 Å². The van der Waals surface area contributed by atoms with Crippen LogP contribution in [0.3, 0.4) is 0 Å². The number of carbonyl (C=O) groups is 1. The van der Waals surface area contributed by atoms with Gasteiger partial charge in [-0.2, -0.15) is 0 Å². The van der Waals surface area contributed by atoms with Crippen molar-refractivity contribution in [1.82, 2.24) is 4.98 Å². The van der Waals surface area contributed by atoms with Gasteiger partial charge < -0.3 is 9.64 Å². The summed E-state index contributed by atoms with van der Waals surface area (Å²) >= 11 is 3.32. The average molecular weight is 313 g/mol. The molecule has 0 spiro atoms. The highest BCUT2D eigenvalue weighted by Gasteiger charge is 2.19. The number of methoxy groups -OCH3 is 1. The van der Waals surface area contributed by atoms with Gasteiger partial charge in [0.2, 0.25) is 0 Å². The van der Waals surface area contributed by atoms with Crippen LogP contribution in [0.15, 0.2) is 16.6 Å². The number of nitrogens with zero attached hydrogens (tertiary/aromatic N) is 2. The normalized spacial score (nSPS) is 16.7. The Hall–Kier alpha value is -1.10. The number of pyridine rings is 1. The number of hydrogen-bond acceptors (Lipinski definition) is 4. The highest BCUT2D eigenvalue weighted by molar-refractivity contribution is 9.10. The van der Waals surface area contributed by atoms with E-state index in [1.54, 1.807) is 0 Å². The molecule has 0 amide bonds. The van der Waals surface area contributed by atoms with Gasteiger partial charge in [0.1, 0.15) is 5.82 Å². The number of ether oxygens (including phenoxy) is 1. The summed E-state index contributed by atoms with van der Waals surface area (Å²) in [5.41, 5.74) is 0.341. The van der Waals surface area contributed by atoms with E-state index in [0.717, 1.165) is 24.8 Å². The van der Waals surface area contributed by atoms with Crippen LogP contribution in [0.5, 0.6) is 0 Å². The Morgan fingerprint density at radius 2 is 2.11 bits per heavy atom. The van der Waals surface area contributed by atoms with Gasteiger partial charge in [-0.1, -0.05) is 6.92 Å². The van der Waals surface area contributed by atoms with E-state index in [4.69, 9.17) is 4.74 Å². The number of hydrogen-bond donors (Lipinski definition) is 0. The van der Waals surface area contributed by atoms with E-state index >= 15 is 0 Å². The number of piperidine rings is 1. The van der Waals surface area contributed by atoms with Crippen molar-refractivity contribution in [3.63, 3.8) is 0 Å². The first-order valence-corrected chi connectivity index (χ1v) is 6.91. The maximum atomic E-state index is 11.6. The first-order chi connectivity index (χ1) is 8.61. The minimum Gasteiger partial charge on any atom is -0.464 e. The molecule has 98 valence electrons. The van der Waals surface area contributed by atoms with E-state index in [-0.39, 0.29) is 0 Å². The first-order valence-electron chi connectivity index (χ1n) is 6.11. The Balaban J connectivity index is 2.21. The molecule has 1 fully saturated rings. The number of esters is 1. The van der Waals surface area contributed by atoms with Crippen molar-refractivity contribution in [3.05, 3.63) is 22.3 Å². The lowest BCUT2D eigenvalue weighted by molar-refractivity contribution is 0.0593. The maximum absolute atomic E-state index is 11.6. The lowest BCUT2D eigenvalue weighted by Gasteiger charge is -2.31. The SMILES string of the molecule is COC(=O)c1nc(N2CCC(C)CC2)ccc1Br. The Morgan fingerprint density at radius 1 is 1.44 bits per heavy atom. The largest absolute Gasteiger partial charge is 0.464 e. The summed E-state index contributed by atoms with van der Waals surface area (Å²) in [7, 11) is 1.37. The summed E-state index contributed by atoms with van der Waals surface area (Å²) in [6, 6.07) is 3.79. The Labute approximate surface area is 115 Å². The van der Waals surface area contributed by atoms with Crippen molar-refractivity contribution < 1.29 is 9.53 Å². The van der Waals surface area contributed by atoms with Crippen molar-refractivity contribution in [1.29, 1.82) is 0 Å². The molecule has 2 rings (SSSR count). The lowest BCUT2D eigenvalue weighted by Crippen LogP contribution is -2.33. The van der Waals surface area contributed by atoms with E-state index in [0.29, 0.717) is 10.2 Å². The minimum absolute atomic E-state index is 0.341. The molecule has 0 aromatic carbocycles. The summed E-state index contributed by atoms with van der Waals surface area (Å²) in [5.74, 6) is 1.22. The molecule has 0 radical (unpaired) electrons. The second-order valence-corrected chi connectivity index (χ2v) is 5.52. The topological polar surface area (TPSA) is 42.4 Å². The Morgan fingerprint density at radius 3 is 2.72 bits per heavy atom. The highest BCUT2D eigenvalue weighted by Crippen LogP contribution is 2.24. The molecule has 1 aromatic heterocycles. The average Bonchev–Trinajstić information content (AvgIpc) is 2.39. The van der Waals surface area contributed by atoms with Crippen molar-refractivity contribution in [2.45, 2.75) is 19.8 Å². The lowest BCUT2D eigenvalue weighted by atomic mass is 9.99. The first kappa shape index (κ1) is 13.3. The summed E-state index contributed by atoms with van der Waals surface area (Å²) < 4.78 is 5.40. The van der Waals surface area contributed by atoms with Gasteiger partial charge in [-0.25, -0.2) is 9.78 Å². The van der Waals surface area contributed by atoms with Crippen LogP contribution in [0.25, 0.3) is 0 Å². The molecule has 0 bridgehead atoms. The fourth-order valence-corrected chi connectivity index (χ4v) is 2.47. The predicted molar refractivity (Wildman–Crippen MR) is 73.9 cm³/mol. The van der Waals surface area contributed by atoms with Crippen molar-refractivity contribution in [2.75, 3.05) is 25.1 Å². The predicted octanol–water partition coefficient (Wildman–Crippen LogP) is 2.87. The van der Waals surface area contributed by atoms with E-state index in [2.05, 4.69) is 32.7 Å². The van der Waals surface area contributed by atoms with Crippen molar-refractivity contribution >= 4 is 27.7 Å². The van der Waals surface area contributed by atoms with E-state index in [1.807, 2.05) is 12.1 Å². The number of anilines is 1. The van der Waals surface area contributed by atoms with Gasteiger partial charge >= 0.3 is 5.97 Å². The molecule has 0 N–H and O–H groups in total. The van der Waals surface area contributed by atoms with Gasteiger partial charge in [-0.3, -0.25) is 0 Å². The van der Waals surface area contributed by atoms with Crippen LogP contribution in [0.2, 0.25) is 0 Å². The van der Waals surface area contributed by atoms with Crippen LogP contribution in [-0.4, -0.2) is 31.2 Å². The zero-order valence-electron chi connectivity index (χ0n) is 10.6. The van der Waals surface area contributed by atoms with Gasteiger partial charge in [0.05, 0.1) is 11.6 Å². The smallest absolute Gasteiger partial charge is 0.357 e. The molecule has 4 nitrogen and oxygen atoms in total. The van der Waals surface area contributed by atoms with Crippen LogP contribution in [-0.2, 0) is 4.74 Å². The van der Waals surface area contributed by atoms with Crippen LogP contribution in [0, 0.1) is 5.92 Å². The third-order valence-corrected chi connectivity index (χ3v) is 3.96. The second kappa shape index (κ2) is 5.69. The summed E-state index contributed by atoms with van der Waals surface area (Å²) in [6.45, 7) is 4.26. The Kier molecular flexibility index (Phi) is 4.22. The standard InChI is InChI=1S/C13H17BrN2O2/c1-9-5-7-16(8-6-9)11-4-3-10(14)12(15-11)13(17)18-2/h3-4,9H,5-8H2,1-2H3. The molecule has 1 aliphatic rings. The molecule has 2 heterocycles.